The highest BCUT2D eigenvalue weighted by Crippen LogP contribution is 2.31. The normalized spacial score (nSPS) is 38.8. The molecule has 1 aliphatic heterocycles. The van der Waals surface area contributed by atoms with Crippen LogP contribution in [0.5, 0.6) is 0 Å². The lowest BCUT2D eigenvalue weighted by Crippen LogP contribution is -2.56. The van der Waals surface area contributed by atoms with Crippen LogP contribution in [0.3, 0.4) is 0 Å². The molecule has 2 aliphatic rings. The Labute approximate surface area is 100.0 Å². The number of hydrogen-bond donors (Lipinski definition) is 1. The summed E-state index contributed by atoms with van der Waals surface area (Å²) in [4.78, 5) is 4.97. The minimum Gasteiger partial charge on any atom is -0.324 e. The molecule has 2 unspecified atom stereocenters. The van der Waals surface area contributed by atoms with Crippen LogP contribution in [0, 0.1) is 5.92 Å². The molecule has 1 aliphatic carbocycles. The average molecular weight is 225 g/mol. The maximum Gasteiger partial charge on any atom is 0.0285 e. The van der Waals surface area contributed by atoms with Gasteiger partial charge < -0.3 is 10.6 Å². The minimum absolute atomic E-state index is 0.105. The zero-order valence-electron chi connectivity index (χ0n) is 10.9. The van der Waals surface area contributed by atoms with E-state index in [2.05, 4.69) is 23.8 Å². The number of hydrogen-bond acceptors (Lipinski definition) is 3. The minimum atomic E-state index is 0.105. The maximum absolute atomic E-state index is 6.56. The van der Waals surface area contributed by atoms with Crippen molar-refractivity contribution >= 4 is 0 Å². The van der Waals surface area contributed by atoms with E-state index < -0.39 is 0 Å². The van der Waals surface area contributed by atoms with Crippen LogP contribution in [0.1, 0.15) is 32.6 Å². The van der Waals surface area contributed by atoms with Crippen molar-refractivity contribution in [3.63, 3.8) is 0 Å². The summed E-state index contributed by atoms with van der Waals surface area (Å²) in [6.07, 6.45) is 5.15. The van der Waals surface area contributed by atoms with E-state index in [1.165, 1.54) is 51.9 Å². The van der Waals surface area contributed by atoms with Gasteiger partial charge in [-0.3, -0.25) is 4.90 Å². The molecule has 0 aromatic carbocycles. The van der Waals surface area contributed by atoms with Crippen molar-refractivity contribution in [2.24, 2.45) is 11.7 Å². The summed E-state index contributed by atoms with van der Waals surface area (Å²) < 4.78 is 0. The van der Waals surface area contributed by atoms with Gasteiger partial charge in [-0.05, 0) is 25.8 Å². The molecule has 3 heteroatoms. The molecule has 1 saturated heterocycles. The smallest absolute Gasteiger partial charge is 0.0285 e. The van der Waals surface area contributed by atoms with Gasteiger partial charge in [0.05, 0.1) is 0 Å². The van der Waals surface area contributed by atoms with Gasteiger partial charge >= 0.3 is 0 Å². The molecule has 94 valence electrons. The van der Waals surface area contributed by atoms with Crippen molar-refractivity contribution in [1.82, 2.24) is 9.80 Å². The van der Waals surface area contributed by atoms with Gasteiger partial charge in [-0.15, -0.1) is 0 Å². The Balaban J connectivity index is 1.83. The second-order valence-electron chi connectivity index (χ2n) is 6.14. The first-order valence-electron chi connectivity index (χ1n) is 6.77. The highest BCUT2D eigenvalue weighted by molar-refractivity contribution is 4.93. The van der Waals surface area contributed by atoms with E-state index in [4.69, 9.17) is 5.73 Å². The molecule has 2 rings (SSSR count). The monoisotopic (exact) mass is 225 g/mol. The van der Waals surface area contributed by atoms with Crippen molar-refractivity contribution in [1.29, 1.82) is 0 Å². The molecule has 0 radical (unpaired) electrons. The molecule has 2 N–H and O–H groups in total. The van der Waals surface area contributed by atoms with Crippen molar-refractivity contribution in [2.45, 2.75) is 38.1 Å². The molecule has 1 saturated carbocycles. The Morgan fingerprint density at radius 3 is 2.56 bits per heavy atom. The fraction of sp³-hybridized carbons (Fsp3) is 1.00. The Morgan fingerprint density at radius 2 is 1.94 bits per heavy atom. The molecule has 0 amide bonds. The molecule has 0 bridgehead atoms. The van der Waals surface area contributed by atoms with E-state index in [1.54, 1.807) is 0 Å². The molecule has 0 aromatic rings. The van der Waals surface area contributed by atoms with Crippen LogP contribution in [0.25, 0.3) is 0 Å². The van der Waals surface area contributed by atoms with E-state index in [1.807, 2.05) is 0 Å². The zero-order valence-corrected chi connectivity index (χ0v) is 10.9. The lowest BCUT2D eigenvalue weighted by atomic mass is 9.76. The van der Waals surface area contributed by atoms with Crippen LogP contribution in [-0.2, 0) is 0 Å². The molecular formula is C13H27N3. The second kappa shape index (κ2) is 5.03. The lowest BCUT2D eigenvalue weighted by Gasteiger charge is -2.42. The predicted molar refractivity (Wildman–Crippen MR) is 68.5 cm³/mol. The Hall–Kier alpha value is -0.120. The standard InChI is InChI=1S/C13H27N3/c1-12-4-3-5-13(14,10-12)11-16-8-6-15(2)7-9-16/h12H,3-11,14H2,1-2H3. The van der Waals surface area contributed by atoms with Crippen molar-refractivity contribution < 1.29 is 0 Å². The first-order chi connectivity index (χ1) is 7.57. The van der Waals surface area contributed by atoms with Crippen LogP contribution in [0.15, 0.2) is 0 Å². The topological polar surface area (TPSA) is 32.5 Å². The van der Waals surface area contributed by atoms with Crippen LogP contribution in [0.2, 0.25) is 0 Å². The summed E-state index contributed by atoms with van der Waals surface area (Å²) in [5.41, 5.74) is 6.66. The third-order valence-electron chi connectivity index (χ3n) is 4.26. The Morgan fingerprint density at radius 1 is 1.25 bits per heavy atom. The molecule has 16 heavy (non-hydrogen) atoms. The summed E-state index contributed by atoms with van der Waals surface area (Å²) >= 11 is 0. The summed E-state index contributed by atoms with van der Waals surface area (Å²) in [6, 6.07) is 0. The zero-order chi connectivity index (χ0) is 11.6. The van der Waals surface area contributed by atoms with Gasteiger partial charge in [0.25, 0.3) is 0 Å². The van der Waals surface area contributed by atoms with Crippen LogP contribution in [-0.4, -0.2) is 55.1 Å². The predicted octanol–water partition coefficient (Wildman–Crippen LogP) is 1.14. The quantitative estimate of drug-likeness (QED) is 0.765. The fourth-order valence-electron chi connectivity index (χ4n) is 3.30. The average Bonchev–Trinajstić information content (AvgIpc) is 2.21. The molecule has 2 atom stereocenters. The van der Waals surface area contributed by atoms with E-state index >= 15 is 0 Å². The van der Waals surface area contributed by atoms with E-state index in [0.717, 1.165) is 12.5 Å². The number of likely N-dealkylation sites (N-methyl/N-ethyl adjacent to an activating group) is 1. The molecule has 2 fully saturated rings. The van der Waals surface area contributed by atoms with Crippen molar-refractivity contribution in [3.8, 4) is 0 Å². The Bertz CT molecular complexity index is 223. The Kier molecular flexibility index (Phi) is 3.88. The van der Waals surface area contributed by atoms with Gasteiger partial charge in [-0.2, -0.15) is 0 Å². The molecular weight excluding hydrogens is 198 g/mol. The van der Waals surface area contributed by atoms with Crippen molar-refractivity contribution in [3.05, 3.63) is 0 Å². The molecule has 1 heterocycles. The van der Waals surface area contributed by atoms with Crippen LogP contribution < -0.4 is 5.73 Å². The number of nitrogens with two attached hydrogens (primary N) is 1. The highest BCUT2D eigenvalue weighted by Gasteiger charge is 2.33. The largest absolute Gasteiger partial charge is 0.324 e. The summed E-state index contributed by atoms with van der Waals surface area (Å²) in [7, 11) is 2.21. The number of nitrogens with zero attached hydrogens (tertiary/aromatic N) is 2. The second-order valence-corrected chi connectivity index (χ2v) is 6.14. The van der Waals surface area contributed by atoms with Gasteiger partial charge in [0.1, 0.15) is 0 Å². The van der Waals surface area contributed by atoms with Crippen LogP contribution >= 0.6 is 0 Å². The summed E-state index contributed by atoms with van der Waals surface area (Å²) in [5.74, 6) is 0.825. The maximum atomic E-state index is 6.56. The SMILES string of the molecule is CC1CCCC(N)(CN2CCN(C)CC2)C1. The van der Waals surface area contributed by atoms with Gasteiger partial charge in [0.15, 0.2) is 0 Å². The summed E-state index contributed by atoms with van der Waals surface area (Å²) in [5, 5.41) is 0. The molecule has 3 nitrogen and oxygen atoms in total. The summed E-state index contributed by atoms with van der Waals surface area (Å²) in [6.45, 7) is 8.26. The van der Waals surface area contributed by atoms with Gasteiger partial charge in [0, 0.05) is 38.3 Å². The number of piperazine rings is 1. The van der Waals surface area contributed by atoms with Gasteiger partial charge in [-0.1, -0.05) is 19.8 Å². The van der Waals surface area contributed by atoms with E-state index in [9.17, 15) is 0 Å². The highest BCUT2D eigenvalue weighted by atomic mass is 15.3. The molecule has 0 aromatic heterocycles. The number of rotatable bonds is 2. The van der Waals surface area contributed by atoms with E-state index in [-0.39, 0.29) is 5.54 Å². The van der Waals surface area contributed by atoms with E-state index in [0.29, 0.717) is 0 Å². The van der Waals surface area contributed by atoms with Gasteiger partial charge in [0.2, 0.25) is 0 Å². The third-order valence-corrected chi connectivity index (χ3v) is 4.26. The molecule has 0 spiro atoms. The first-order valence-corrected chi connectivity index (χ1v) is 6.77. The fourth-order valence-corrected chi connectivity index (χ4v) is 3.30. The third kappa shape index (κ3) is 3.19. The van der Waals surface area contributed by atoms with Crippen molar-refractivity contribution in [2.75, 3.05) is 39.8 Å². The first kappa shape index (κ1) is 12.3. The van der Waals surface area contributed by atoms with Gasteiger partial charge in [-0.25, -0.2) is 0 Å². The lowest BCUT2D eigenvalue weighted by molar-refractivity contribution is 0.102. The van der Waals surface area contributed by atoms with Crippen LogP contribution in [0.4, 0.5) is 0 Å².